The summed E-state index contributed by atoms with van der Waals surface area (Å²) in [7, 11) is 0. The SMILES string of the molecule is O=C(c1ccc(Oc2ccccc2)o1)N1CCC(O)(C2CC2)C1. The van der Waals surface area contributed by atoms with E-state index in [4.69, 9.17) is 9.15 Å². The van der Waals surface area contributed by atoms with Crippen LogP contribution in [0.3, 0.4) is 0 Å². The summed E-state index contributed by atoms with van der Waals surface area (Å²) in [5.74, 6) is 1.36. The van der Waals surface area contributed by atoms with Crippen molar-refractivity contribution < 1.29 is 19.1 Å². The quantitative estimate of drug-likeness (QED) is 0.942. The Morgan fingerprint density at radius 2 is 2.00 bits per heavy atom. The maximum Gasteiger partial charge on any atom is 0.290 e. The molecule has 1 saturated carbocycles. The molecule has 0 radical (unpaired) electrons. The minimum atomic E-state index is -0.703. The number of ether oxygens (including phenoxy) is 1. The molecule has 1 aromatic carbocycles. The molecule has 5 heteroatoms. The number of benzene rings is 1. The molecular formula is C18H19NO4. The van der Waals surface area contributed by atoms with Crippen molar-refractivity contribution >= 4 is 5.91 Å². The molecule has 1 atom stereocenters. The fourth-order valence-electron chi connectivity index (χ4n) is 3.19. The second kappa shape index (κ2) is 5.42. The predicted octanol–water partition coefficient (Wildman–Crippen LogP) is 3.06. The average molecular weight is 313 g/mol. The molecule has 1 aliphatic carbocycles. The summed E-state index contributed by atoms with van der Waals surface area (Å²) in [4.78, 5) is 14.2. The van der Waals surface area contributed by atoms with E-state index < -0.39 is 5.60 Å². The molecule has 23 heavy (non-hydrogen) atoms. The van der Waals surface area contributed by atoms with Crippen LogP contribution in [0.1, 0.15) is 29.8 Å². The van der Waals surface area contributed by atoms with Crippen LogP contribution in [0.15, 0.2) is 46.9 Å². The third-order valence-electron chi connectivity index (χ3n) is 4.66. The number of likely N-dealkylation sites (tertiary alicyclic amines) is 1. The van der Waals surface area contributed by atoms with Crippen LogP contribution in [-0.2, 0) is 0 Å². The molecule has 2 heterocycles. The predicted molar refractivity (Wildman–Crippen MR) is 83.4 cm³/mol. The van der Waals surface area contributed by atoms with Crippen molar-refractivity contribution in [3.63, 3.8) is 0 Å². The van der Waals surface area contributed by atoms with E-state index in [0.717, 1.165) is 12.8 Å². The largest absolute Gasteiger partial charge is 0.426 e. The van der Waals surface area contributed by atoms with Crippen molar-refractivity contribution in [3.8, 4) is 11.7 Å². The highest BCUT2D eigenvalue weighted by molar-refractivity contribution is 5.92. The molecule has 4 rings (SSSR count). The lowest BCUT2D eigenvalue weighted by Gasteiger charge is -2.22. The first-order chi connectivity index (χ1) is 11.1. The molecule has 1 N–H and O–H groups in total. The molecule has 1 amide bonds. The summed E-state index contributed by atoms with van der Waals surface area (Å²) in [6, 6.07) is 12.5. The van der Waals surface area contributed by atoms with E-state index in [1.165, 1.54) is 0 Å². The number of carbonyl (C=O) groups excluding carboxylic acids is 1. The zero-order chi connectivity index (χ0) is 15.9. The van der Waals surface area contributed by atoms with Gasteiger partial charge < -0.3 is 19.2 Å². The van der Waals surface area contributed by atoms with Gasteiger partial charge in [-0.1, -0.05) is 18.2 Å². The molecule has 1 unspecified atom stereocenters. The van der Waals surface area contributed by atoms with Crippen LogP contribution in [0.5, 0.6) is 11.7 Å². The van der Waals surface area contributed by atoms with Gasteiger partial charge in [0, 0.05) is 12.6 Å². The summed E-state index contributed by atoms with van der Waals surface area (Å²) in [5, 5.41) is 10.5. The van der Waals surface area contributed by atoms with Gasteiger partial charge >= 0.3 is 0 Å². The van der Waals surface area contributed by atoms with Crippen molar-refractivity contribution in [1.29, 1.82) is 0 Å². The number of hydrogen-bond donors (Lipinski definition) is 1. The van der Waals surface area contributed by atoms with E-state index >= 15 is 0 Å². The van der Waals surface area contributed by atoms with Gasteiger partial charge in [0.25, 0.3) is 11.9 Å². The normalized spacial score (nSPS) is 24.0. The van der Waals surface area contributed by atoms with Gasteiger partial charge in [0.05, 0.1) is 12.1 Å². The first-order valence-electron chi connectivity index (χ1n) is 7.98. The first kappa shape index (κ1) is 14.3. The summed E-state index contributed by atoms with van der Waals surface area (Å²) in [6.45, 7) is 0.966. The molecule has 0 bridgehead atoms. The van der Waals surface area contributed by atoms with Crippen LogP contribution in [0.4, 0.5) is 0 Å². The summed E-state index contributed by atoms with van der Waals surface area (Å²) in [6.07, 6.45) is 2.78. The number of aliphatic hydroxyl groups is 1. The number of carbonyl (C=O) groups is 1. The monoisotopic (exact) mass is 313 g/mol. The number of rotatable bonds is 4. The molecule has 1 aliphatic heterocycles. The van der Waals surface area contributed by atoms with Gasteiger partial charge in [0.2, 0.25) is 0 Å². The molecule has 120 valence electrons. The highest BCUT2D eigenvalue weighted by Gasteiger charge is 2.49. The number of para-hydroxylation sites is 1. The van der Waals surface area contributed by atoms with E-state index in [2.05, 4.69) is 0 Å². The number of amides is 1. The van der Waals surface area contributed by atoms with Crippen LogP contribution in [-0.4, -0.2) is 34.6 Å². The van der Waals surface area contributed by atoms with Gasteiger partial charge in [-0.25, -0.2) is 0 Å². The van der Waals surface area contributed by atoms with Crippen molar-refractivity contribution in [2.75, 3.05) is 13.1 Å². The van der Waals surface area contributed by atoms with Gasteiger partial charge in [-0.2, -0.15) is 0 Å². The minimum Gasteiger partial charge on any atom is -0.426 e. The van der Waals surface area contributed by atoms with Gasteiger partial charge in [0.1, 0.15) is 5.75 Å². The summed E-state index contributed by atoms with van der Waals surface area (Å²) >= 11 is 0. The summed E-state index contributed by atoms with van der Waals surface area (Å²) in [5.41, 5.74) is -0.703. The Kier molecular flexibility index (Phi) is 3.38. The number of furan rings is 1. The Hall–Kier alpha value is -2.27. The minimum absolute atomic E-state index is 0.190. The van der Waals surface area contributed by atoms with Crippen LogP contribution in [0, 0.1) is 5.92 Å². The fourth-order valence-corrected chi connectivity index (χ4v) is 3.19. The van der Waals surface area contributed by atoms with E-state index in [-0.39, 0.29) is 17.6 Å². The van der Waals surface area contributed by atoms with E-state index in [0.29, 0.717) is 31.2 Å². The highest BCUT2D eigenvalue weighted by Crippen LogP contribution is 2.44. The maximum absolute atomic E-state index is 12.5. The maximum atomic E-state index is 12.5. The van der Waals surface area contributed by atoms with Gasteiger partial charge in [-0.15, -0.1) is 0 Å². The standard InChI is InChI=1S/C18H19NO4/c20-17(19-11-10-18(21,12-19)13-6-7-13)15-8-9-16(23-15)22-14-4-2-1-3-5-14/h1-5,8-9,13,21H,6-7,10-12H2. The second-order valence-electron chi connectivity index (χ2n) is 6.39. The highest BCUT2D eigenvalue weighted by atomic mass is 16.6. The third-order valence-corrected chi connectivity index (χ3v) is 4.66. The topological polar surface area (TPSA) is 62.9 Å². The Balaban J connectivity index is 1.43. The smallest absolute Gasteiger partial charge is 0.290 e. The first-order valence-corrected chi connectivity index (χ1v) is 7.98. The van der Waals surface area contributed by atoms with Crippen molar-refractivity contribution in [2.24, 2.45) is 5.92 Å². The van der Waals surface area contributed by atoms with Crippen LogP contribution < -0.4 is 4.74 Å². The Bertz CT molecular complexity index is 707. The third kappa shape index (κ3) is 2.84. The molecule has 2 aromatic rings. The van der Waals surface area contributed by atoms with Gasteiger partial charge in [-0.05, 0) is 43.4 Å². The lowest BCUT2D eigenvalue weighted by molar-refractivity contribution is 0.0251. The van der Waals surface area contributed by atoms with Crippen LogP contribution in [0.2, 0.25) is 0 Å². The summed E-state index contributed by atoms with van der Waals surface area (Å²) < 4.78 is 11.1. The zero-order valence-electron chi connectivity index (χ0n) is 12.8. The Labute approximate surface area is 134 Å². The second-order valence-corrected chi connectivity index (χ2v) is 6.39. The average Bonchev–Trinajstić information content (AvgIpc) is 3.21. The molecule has 5 nitrogen and oxygen atoms in total. The van der Waals surface area contributed by atoms with Crippen molar-refractivity contribution in [1.82, 2.24) is 4.90 Å². The van der Waals surface area contributed by atoms with Crippen LogP contribution in [0.25, 0.3) is 0 Å². The van der Waals surface area contributed by atoms with E-state index in [9.17, 15) is 9.90 Å². The van der Waals surface area contributed by atoms with Crippen molar-refractivity contribution in [3.05, 3.63) is 48.2 Å². The number of hydrogen-bond acceptors (Lipinski definition) is 4. The van der Waals surface area contributed by atoms with Gasteiger partial charge in [0.15, 0.2) is 5.76 Å². The molecule has 2 aliphatic rings. The zero-order valence-corrected chi connectivity index (χ0v) is 12.8. The number of nitrogens with zero attached hydrogens (tertiary/aromatic N) is 1. The lowest BCUT2D eigenvalue weighted by Crippen LogP contribution is -2.37. The molecular weight excluding hydrogens is 294 g/mol. The Morgan fingerprint density at radius 1 is 1.22 bits per heavy atom. The molecule has 1 saturated heterocycles. The molecule has 1 aromatic heterocycles. The number of β-amino-alcohol motifs (C(OH)–C–C–N with tert-alkyl or cyclic N) is 1. The molecule has 0 spiro atoms. The Morgan fingerprint density at radius 3 is 2.74 bits per heavy atom. The van der Waals surface area contributed by atoms with E-state index in [1.54, 1.807) is 17.0 Å². The van der Waals surface area contributed by atoms with Gasteiger partial charge in [-0.3, -0.25) is 4.79 Å². The lowest BCUT2D eigenvalue weighted by atomic mass is 9.97. The van der Waals surface area contributed by atoms with Crippen LogP contribution >= 0.6 is 0 Å². The fraction of sp³-hybridized carbons (Fsp3) is 0.389. The van der Waals surface area contributed by atoms with E-state index in [1.807, 2.05) is 30.3 Å². The molecule has 2 fully saturated rings. The van der Waals surface area contributed by atoms with Crippen molar-refractivity contribution in [2.45, 2.75) is 24.9 Å².